The number of nitrogens with one attached hydrogen (secondary N) is 1. The van der Waals surface area contributed by atoms with Gasteiger partial charge in [-0.1, -0.05) is 0 Å². The van der Waals surface area contributed by atoms with Crippen LogP contribution in [0.5, 0.6) is 0 Å². The lowest BCUT2D eigenvalue weighted by Crippen LogP contribution is -2.32. The Morgan fingerprint density at radius 3 is 2.68 bits per heavy atom. The monoisotopic (exact) mass is 265 g/mol. The van der Waals surface area contributed by atoms with E-state index in [-0.39, 0.29) is 0 Å². The molecule has 1 aliphatic rings. The van der Waals surface area contributed by atoms with Crippen LogP contribution in [0.15, 0.2) is 0 Å². The van der Waals surface area contributed by atoms with Gasteiger partial charge >= 0.3 is 5.97 Å². The van der Waals surface area contributed by atoms with Gasteiger partial charge in [-0.05, 0) is 13.8 Å². The van der Waals surface area contributed by atoms with Gasteiger partial charge in [0.2, 0.25) is 0 Å². The van der Waals surface area contributed by atoms with Crippen LogP contribution in [0.25, 0.3) is 0 Å². The number of aromatic nitrogens is 2. The van der Waals surface area contributed by atoms with Gasteiger partial charge in [0.05, 0.1) is 12.8 Å². The average Bonchev–Trinajstić information content (AvgIpc) is 2.45. The first kappa shape index (κ1) is 13.9. The number of rotatable bonds is 3. The summed E-state index contributed by atoms with van der Waals surface area (Å²) in [5, 5.41) is 3.21. The van der Waals surface area contributed by atoms with Crippen LogP contribution in [0.4, 0.5) is 0 Å². The number of methoxy groups -OCH3 is 2. The van der Waals surface area contributed by atoms with Crippen LogP contribution in [-0.4, -0.2) is 36.7 Å². The first-order chi connectivity index (χ1) is 8.99. The summed E-state index contributed by atoms with van der Waals surface area (Å²) < 4.78 is 10.2. The molecule has 1 aromatic heterocycles. The maximum atomic E-state index is 11.9. The minimum Gasteiger partial charge on any atom is -0.464 e. The molecule has 0 radical (unpaired) electrons. The van der Waals surface area contributed by atoms with Gasteiger partial charge in [0.25, 0.3) is 0 Å². The standard InChI is InChI=1S/C13H19N3O3/c1-13(2,19-4)12-15-9-5-6-14-7-8(9)10(16-12)11(17)18-3/h14H,5-7H2,1-4H3. The van der Waals surface area contributed by atoms with Crippen LogP contribution in [-0.2, 0) is 28.0 Å². The zero-order valence-electron chi connectivity index (χ0n) is 11.7. The SMILES string of the molecule is COC(=O)c1nc(C(C)(C)OC)nc2c1CNCC2. The zero-order chi connectivity index (χ0) is 14.0. The van der Waals surface area contributed by atoms with Crippen molar-refractivity contribution in [1.29, 1.82) is 0 Å². The molecule has 0 unspecified atom stereocenters. The van der Waals surface area contributed by atoms with E-state index in [9.17, 15) is 4.79 Å². The zero-order valence-corrected chi connectivity index (χ0v) is 11.7. The first-order valence-electron chi connectivity index (χ1n) is 6.24. The van der Waals surface area contributed by atoms with Crippen molar-refractivity contribution < 1.29 is 14.3 Å². The molecular weight excluding hydrogens is 246 g/mol. The van der Waals surface area contributed by atoms with Gasteiger partial charge in [0.15, 0.2) is 11.5 Å². The number of hydrogen-bond donors (Lipinski definition) is 1. The van der Waals surface area contributed by atoms with Crippen LogP contribution in [0, 0.1) is 0 Å². The largest absolute Gasteiger partial charge is 0.464 e. The lowest BCUT2D eigenvalue weighted by Gasteiger charge is -2.25. The third kappa shape index (κ3) is 2.59. The van der Waals surface area contributed by atoms with Crippen molar-refractivity contribution >= 4 is 5.97 Å². The summed E-state index contributed by atoms with van der Waals surface area (Å²) in [7, 11) is 2.95. The smallest absolute Gasteiger partial charge is 0.357 e. The molecule has 0 spiro atoms. The fourth-order valence-electron chi connectivity index (χ4n) is 1.97. The Hall–Kier alpha value is -1.53. The normalized spacial score (nSPS) is 14.9. The molecule has 0 saturated heterocycles. The summed E-state index contributed by atoms with van der Waals surface area (Å²) in [4.78, 5) is 20.8. The first-order valence-corrected chi connectivity index (χ1v) is 6.24. The fourth-order valence-corrected chi connectivity index (χ4v) is 1.97. The second kappa shape index (κ2) is 5.22. The van der Waals surface area contributed by atoms with E-state index < -0.39 is 11.6 Å². The summed E-state index contributed by atoms with van der Waals surface area (Å²) in [5.41, 5.74) is 1.42. The maximum absolute atomic E-state index is 11.9. The van der Waals surface area contributed by atoms with Gasteiger partial charge in [0, 0.05) is 32.2 Å². The fraction of sp³-hybridized carbons (Fsp3) is 0.615. The molecule has 0 aromatic carbocycles. The Balaban J connectivity index is 2.57. The summed E-state index contributed by atoms with van der Waals surface area (Å²) in [6, 6.07) is 0. The second-order valence-corrected chi connectivity index (χ2v) is 4.95. The van der Waals surface area contributed by atoms with E-state index in [1.807, 2.05) is 13.8 Å². The summed E-state index contributed by atoms with van der Waals surface area (Å²) in [6.07, 6.45) is 0.772. The second-order valence-electron chi connectivity index (χ2n) is 4.95. The highest BCUT2D eigenvalue weighted by atomic mass is 16.5. The molecule has 1 aliphatic heterocycles. The Morgan fingerprint density at radius 2 is 2.05 bits per heavy atom. The van der Waals surface area contributed by atoms with Gasteiger partial charge in [-0.25, -0.2) is 14.8 Å². The van der Waals surface area contributed by atoms with Gasteiger partial charge in [-0.2, -0.15) is 0 Å². The Kier molecular flexibility index (Phi) is 3.82. The highest BCUT2D eigenvalue weighted by Crippen LogP contribution is 2.24. The predicted molar refractivity (Wildman–Crippen MR) is 68.8 cm³/mol. The number of carbonyl (C=O) groups excluding carboxylic acids is 1. The van der Waals surface area contributed by atoms with E-state index in [0.717, 1.165) is 24.2 Å². The molecule has 104 valence electrons. The lowest BCUT2D eigenvalue weighted by atomic mass is 10.0. The summed E-state index contributed by atoms with van der Waals surface area (Å²) >= 11 is 0. The molecule has 0 aliphatic carbocycles. The molecule has 19 heavy (non-hydrogen) atoms. The number of fused-ring (bicyclic) bond motifs is 1. The van der Waals surface area contributed by atoms with E-state index in [1.54, 1.807) is 7.11 Å². The van der Waals surface area contributed by atoms with Crippen molar-refractivity contribution in [2.24, 2.45) is 0 Å². The van der Waals surface area contributed by atoms with Crippen LogP contribution in [0.2, 0.25) is 0 Å². The number of ether oxygens (including phenoxy) is 2. The molecule has 6 heteroatoms. The molecule has 1 aromatic rings. The molecule has 0 saturated carbocycles. The molecule has 0 amide bonds. The van der Waals surface area contributed by atoms with Crippen LogP contribution in [0.1, 0.15) is 41.4 Å². The van der Waals surface area contributed by atoms with Crippen molar-refractivity contribution in [3.8, 4) is 0 Å². The van der Waals surface area contributed by atoms with Gasteiger partial charge in [0.1, 0.15) is 5.60 Å². The molecule has 2 rings (SSSR count). The minimum absolute atomic E-state index is 0.333. The van der Waals surface area contributed by atoms with E-state index in [2.05, 4.69) is 15.3 Å². The number of nitrogens with zero attached hydrogens (tertiary/aromatic N) is 2. The predicted octanol–water partition coefficient (Wildman–Crippen LogP) is 0.790. The number of carbonyl (C=O) groups is 1. The van der Waals surface area contributed by atoms with Crippen molar-refractivity contribution in [2.45, 2.75) is 32.4 Å². The van der Waals surface area contributed by atoms with Gasteiger partial charge < -0.3 is 14.8 Å². The number of hydrogen-bond acceptors (Lipinski definition) is 6. The van der Waals surface area contributed by atoms with Crippen LogP contribution in [0.3, 0.4) is 0 Å². The van der Waals surface area contributed by atoms with Gasteiger partial charge in [-0.15, -0.1) is 0 Å². The quantitative estimate of drug-likeness (QED) is 0.815. The van der Waals surface area contributed by atoms with Crippen molar-refractivity contribution in [3.05, 3.63) is 22.8 Å². The Bertz CT molecular complexity index is 500. The summed E-state index contributed by atoms with van der Waals surface area (Å²) in [5.74, 6) is 0.0755. The highest BCUT2D eigenvalue weighted by Gasteiger charge is 2.29. The third-order valence-corrected chi connectivity index (χ3v) is 3.36. The molecule has 0 fully saturated rings. The van der Waals surface area contributed by atoms with E-state index in [1.165, 1.54) is 7.11 Å². The van der Waals surface area contributed by atoms with Crippen LogP contribution < -0.4 is 5.32 Å². The highest BCUT2D eigenvalue weighted by molar-refractivity contribution is 5.89. The molecule has 0 bridgehead atoms. The Labute approximate surface area is 112 Å². The summed E-state index contributed by atoms with van der Waals surface area (Å²) in [6.45, 7) is 5.18. The maximum Gasteiger partial charge on any atom is 0.357 e. The Morgan fingerprint density at radius 1 is 1.32 bits per heavy atom. The average molecular weight is 265 g/mol. The number of esters is 1. The molecule has 1 N–H and O–H groups in total. The molecular formula is C13H19N3O3. The third-order valence-electron chi connectivity index (χ3n) is 3.36. The van der Waals surface area contributed by atoms with E-state index in [0.29, 0.717) is 18.1 Å². The van der Waals surface area contributed by atoms with E-state index >= 15 is 0 Å². The van der Waals surface area contributed by atoms with Crippen molar-refractivity contribution in [1.82, 2.24) is 15.3 Å². The molecule has 2 heterocycles. The topological polar surface area (TPSA) is 73.3 Å². The van der Waals surface area contributed by atoms with Gasteiger partial charge in [-0.3, -0.25) is 0 Å². The van der Waals surface area contributed by atoms with Crippen molar-refractivity contribution in [2.75, 3.05) is 20.8 Å². The van der Waals surface area contributed by atoms with E-state index in [4.69, 9.17) is 9.47 Å². The lowest BCUT2D eigenvalue weighted by molar-refractivity contribution is 0.0108. The molecule has 6 nitrogen and oxygen atoms in total. The van der Waals surface area contributed by atoms with Crippen LogP contribution >= 0.6 is 0 Å². The molecule has 0 atom stereocenters. The minimum atomic E-state index is -0.636. The van der Waals surface area contributed by atoms with Crippen molar-refractivity contribution in [3.63, 3.8) is 0 Å².